The highest BCUT2D eigenvalue weighted by Crippen LogP contribution is 2.28. The molecule has 1 amide bonds. The number of aromatic hydroxyl groups is 1. The molecule has 5 aromatic rings. The molecule has 4 aromatic carbocycles. The number of aromatic amines is 1. The van der Waals surface area contributed by atoms with Gasteiger partial charge in [0.1, 0.15) is 11.4 Å². The van der Waals surface area contributed by atoms with Crippen LogP contribution in [0.25, 0.3) is 32.8 Å². The molecule has 0 aliphatic heterocycles. The highest BCUT2D eigenvalue weighted by Gasteiger charge is 2.12. The number of aromatic nitrogens is 2. The van der Waals surface area contributed by atoms with Gasteiger partial charge in [0.25, 0.3) is 5.91 Å². The van der Waals surface area contributed by atoms with Crippen LogP contribution in [0, 0.1) is 0 Å². The molecule has 0 fully saturated rings. The quantitative estimate of drug-likeness (QED) is 0.294. The minimum atomic E-state index is -0.421. The van der Waals surface area contributed by atoms with E-state index in [-0.39, 0.29) is 5.75 Å². The van der Waals surface area contributed by atoms with Crippen molar-refractivity contribution in [2.24, 2.45) is 5.10 Å². The average Bonchev–Trinajstić information content (AvgIpc) is 3.30. The number of benzene rings is 4. The number of nitrogens with one attached hydrogen (secondary N) is 2. The first-order valence-corrected chi connectivity index (χ1v) is 9.78. The Kier molecular flexibility index (Phi) is 4.65. The summed E-state index contributed by atoms with van der Waals surface area (Å²) in [5, 5.41) is 25.3. The van der Waals surface area contributed by atoms with E-state index < -0.39 is 5.91 Å². The van der Waals surface area contributed by atoms with Crippen LogP contribution in [0.1, 0.15) is 16.1 Å². The first-order valence-electron chi connectivity index (χ1n) is 9.78. The number of amides is 1. The number of phenolic OH excluding ortho intramolecular Hbond substituents is 1. The van der Waals surface area contributed by atoms with Gasteiger partial charge in [-0.25, -0.2) is 5.43 Å². The minimum Gasteiger partial charge on any atom is -0.507 e. The Morgan fingerprint density at radius 1 is 0.903 bits per heavy atom. The third-order valence-electron chi connectivity index (χ3n) is 5.20. The smallest absolute Gasteiger partial charge is 0.289 e. The van der Waals surface area contributed by atoms with Crippen LogP contribution in [-0.4, -0.2) is 27.4 Å². The molecule has 1 heterocycles. The molecule has 0 bridgehead atoms. The number of hydrazone groups is 1. The summed E-state index contributed by atoms with van der Waals surface area (Å²) < 4.78 is 0. The van der Waals surface area contributed by atoms with E-state index >= 15 is 0 Å². The number of nitrogens with zero attached hydrogens (tertiary/aromatic N) is 2. The Morgan fingerprint density at radius 2 is 1.61 bits per heavy atom. The lowest BCUT2D eigenvalue weighted by Crippen LogP contribution is -2.18. The molecule has 5 rings (SSSR count). The van der Waals surface area contributed by atoms with Crippen molar-refractivity contribution in [3.05, 3.63) is 96.2 Å². The average molecular weight is 406 g/mol. The Labute approximate surface area is 177 Å². The largest absolute Gasteiger partial charge is 0.507 e. The molecule has 0 aliphatic rings. The van der Waals surface area contributed by atoms with Gasteiger partial charge in [-0.2, -0.15) is 10.2 Å². The highest BCUT2D eigenvalue weighted by atomic mass is 16.3. The number of H-pyrrole nitrogens is 1. The number of rotatable bonds is 4. The van der Waals surface area contributed by atoms with Crippen LogP contribution in [0.3, 0.4) is 0 Å². The van der Waals surface area contributed by atoms with Crippen molar-refractivity contribution in [2.75, 3.05) is 0 Å². The second kappa shape index (κ2) is 7.76. The van der Waals surface area contributed by atoms with Crippen LogP contribution in [0.2, 0.25) is 0 Å². The van der Waals surface area contributed by atoms with Gasteiger partial charge in [0.2, 0.25) is 0 Å². The molecule has 0 unspecified atom stereocenters. The Balaban J connectivity index is 1.38. The second-order valence-electron chi connectivity index (χ2n) is 7.11. The van der Waals surface area contributed by atoms with Gasteiger partial charge in [0.15, 0.2) is 0 Å². The van der Waals surface area contributed by atoms with E-state index in [1.165, 1.54) is 6.21 Å². The topological polar surface area (TPSA) is 90.4 Å². The molecule has 150 valence electrons. The van der Waals surface area contributed by atoms with Gasteiger partial charge < -0.3 is 5.11 Å². The molecular weight excluding hydrogens is 388 g/mol. The molecule has 3 N–H and O–H groups in total. The lowest BCUT2D eigenvalue weighted by molar-refractivity contribution is 0.0950. The van der Waals surface area contributed by atoms with Crippen molar-refractivity contribution in [1.29, 1.82) is 0 Å². The number of phenols is 1. The zero-order chi connectivity index (χ0) is 21.2. The SMILES string of the molecule is O=C(NN=Cc1c(O)ccc2ccccc12)c1cc(-c2cccc3ccccc23)n[nH]1. The standard InChI is InChI=1S/C25H18N4O2/c30-24-13-12-17-7-2-4-10-19(17)21(24)15-26-29-25(31)23-14-22(27-28-23)20-11-5-8-16-6-1-3-9-18(16)20/h1-15,30H,(H,27,28)(H,29,31). The van der Waals surface area contributed by atoms with E-state index in [4.69, 9.17) is 0 Å². The number of carbonyl (C=O) groups is 1. The number of carbonyl (C=O) groups excluding carboxylic acids is 1. The maximum absolute atomic E-state index is 12.5. The van der Waals surface area contributed by atoms with Gasteiger partial charge in [-0.1, -0.05) is 72.8 Å². The molecule has 6 nitrogen and oxygen atoms in total. The van der Waals surface area contributed by atoms with Gasteiger partial charge in [0, 0.05) is 11.1 Å². The molecule has 0 saturated carbocycles. The van der Waals surface area contributed by atoms with Crippen molar-refractivity contribution < 1.29 is 9.90 Å². The zero-order valence-electron chi connectivity index (χ0n) is 16.4. The summed E-state index contributed by atoms with van der Waals surface area (Å²) >= 11 is 0. The summed E-state index contributed by atoms with van der Waals surface area (Å²) in [5.41, 5.74) is 4.94. The molecule has 31 heavy (non-hydrogen) atoms. The maximum atomic E-state index is 12.5. The summed E-state index contributed by atoms with van der Waals surface area (Å²) in [7, 11) is 0. The summed E-state index contributed by atoms with van der Waals surface area (Å²) in [6.07, 6.45) is 1.44. The number of hydrogen-bond acceptors (Lipinski definition) is 4. The molecule has 1 aromatic heterocycles. The Bertz CT molecular complexity index is 1450. The molecule has 0 atom stereocenters. The summed E-state index contributed by atoms with van der Waals surface area (Å²) in [4.78, 5) is 12.5. The molecule has 0 radical (unpaired) electrons. The normalized spacial score (nSPS) is 11.4. The van der Waals surface area contributed by atoms with E-state index in [2.05, 4.69) is 20.7 Å². The first kappa shape index (κ1) is 18.6. The van der Waals surface area contributed by atoms with E-state index in [1.807, 2.05) is 72.8 Å². The third kappa shape index (κ3) is 3.51. The first-order chi connectivity index (χ1) is 15.2. The lowest BCUT2D eigenvalue weighted by atomic mass is 10.0. The summed E-state index contributed by atoms with van der Waals surface area (Å²) in [6.45, 7) is 0. The van der Waals surface area contributed by atoms with Gasteiger partial charge in [-0.15, -0.1) is 0 Å². The van der Waals surface area contributed by atoms with Crippen LogP contribution < -0.4 is 5.43 Å². The van der Waals surface area contributed by atoms with Gasteiger partial charge in [0.05, 0.1) is 11.9 Å². The fourth-order valence-corrected chi connectivity index (χ4v) is 3.66. The highest BCUT2D eigenvalue weighted by molar-refractivity contribution is 6.03. The second-order valence-corrected chi connectivity index (χ2v) is 7.11. The molecule has 6 heteroatoms. The van der Waals surface area contributed by atoms with Crippen molar-refractivity contribution in [3.8, 4) is 17.0 Å². The number of hydrogen-bond donors (Lipinski definition) is 3. The molecule has 0 spiro atoms. The van der Waals surface area contributed by atoms with E-state index in [0.29, 0.717) is 17.0 Å². The maximum Gasteiger partial charge on any atom is 0.289 e. The van der Waals surface area contributed by atoms with Gasteiger partial charge in [-0.05, 0) is 33.7 Å². The predicted octanol–water partition coefficient (Wildman–Crippen LogP) is 4.85. The van der Waals surface area contributed by atoms with Crippen LogP contribution in [0.5, 0.6) is 5.75 Å². The van der Waals surface area contributed by atoms with Gasteiger partial charge in [-0.3, -0.25) is 9.89 Å². The van der Waals surface area contributed by atoms with Crippen LogP contribution >= 0.6 is 0 Å². The fraction of sp³-hybridized carbons (Fsp3) is 0. The van der Waals surface area contributed by atoms with Crippen molar-refractivity contribution >= 4 is 33.7 Å². The molecule has 0 saturated heterocycles. The monoisotopic (exact) mass is 406 g/mol. The van der Waals surface area contributed by atoms with Crippen molar-refractivity contribution in [1.82, 2.24) is 15.6 Å². The fourth-order valence-electron chi connectivity index (χ4n) is 3.66. The summed E-state index contributed by atoms with van der Waals surface area (Å²) in [5.74, 6) is -0.327. The predicted molar refractivity (Wildman–Crippen MR) is 122 cm³/mol. The van der Waals surface area contributed by atoms with Crippen LogP contribution in [0.4, 0.5) is 0 Å². The lowest BCUT2D eigenvalue weighted by Gasteiger charge is -2.04. The minimum absolute atomic E-state index is 0.0940. The Morgan fingerprint density at radius 3 is 2.45 bits per heavy atom. The van der Waals surface area contributed by atoms with Crippen LogP contribution in [0.15, 0.2) is 90.0 Å². The van der Waals surface area contributed by atoms with Crippen LogP contribution in [-0.2, 0) is 0 Å². The van der Waals surface area contributed by atoms with E-state index in [1.54, 1.807) is 12.1 Å². The zero-order valence-corrected chi connectivity index (χ0v) is 16.4. The molecule has 0 aliphatic carbocycles. The molecular formula is C25H18N4O2. The third-order valence-corrected chi connectivity index (χ3v) is 5.20. The van der Waals surface area contributed by atoms with Crippen molar-refractivity contribution in [2.45, 2.75) is 0 Å². The van der Waals surface area contributed by atoms with Gasteiger partial charge >= 0.3 is 0 Å². The van der Waals surface area contributed by atoms with E-state index in [9.17, 15) is 9.90 Å². The summed E-state index contributed by atoms with van der Waals surface area (Å²) in [6, 6.07) is 26.8. The van der Waals surface area contributed by atoms with Crippen molar-refractivity contribution in [3.63, 3.8) is 0 Å². The van der Waals surface area contributed by atoms with E-state index in [0.717, 1.165) is 27.1 Å². The Hall–Kier alpha value is -4.45. The number of fused-ring (bicyclic) bond motifs is 2.